The van der Waals surface area contributed by atoms with E-state index in [-0.39, 0.29) is 23.2 Å². The van der Waals surface area contributed by atoms with E-state index in [0.717, 1.165) is 29.6 Å². The van der Waals surface area contributed by atoms with Crippen molar-refractivity contribution in [1.82, 2.24) is 29.6 Å². The fraction of sp³-hybridized carbons (Fsp3) is 0.333. The molecule has 1 aliphatic rings. The van der Waals surface area contributed by atoms with E-state index in [0.29, 0.717) is 16.1 Å². The van der Waals surface area contributed by atoms with Gasteiger partial charge in [-0.25, -0.2) is 19.7 Å². The number of rotatable bonds is 7. The third-order valence-electron chi connectivity index (χ3n) is 4.85. The van der Waals surface area contributed by atoms with Gasteiger partial charge in [0, 0.05) is 31.9 Å². The third kappa shape index (κ3) is 6.22. The Morgan fingerprint density at radius 2 is 1.89 bits per heavy atom. The lowest BCUT2D eigenvalue weighted by atomic mass is 10.2. The second kappa shape index (κ2) is 9.56. The number of carbonyl (C=O) groups is 2. The Morgan fingerprint density at radius 3 is 2.51 bits per heavy atom. The molecule has 0 aromatic carbocycles. The van der Waals surface area contributed by atoms with E-state index in [1.807, 2.05) is 6.07 Å². The summed E-state index contributed by atoms with van der Waals surface area (Å²) in [5.74, 6) is -0.486. The van der Waals surface area contributed by atoms with Crippen LogP contribution in [0.5, 0.6) is 5.88 Å². The lowest BCUT2D eigenvalue weighted by Crippen LogP contribution is -2.25. The number of halogens is 3. The maximum Gasteiger partial charge on any atom is 0.418 e. The first-order valence-electron chi connectivity index (χ1n) is 10.5. The monoisotopic (exact) mass is 490 g/mol. The Kier molecular flexibility index (Phi) is 6.53. The van der Waals surface area contributed by atoms with Crippen LogP contribution in [0, 0.1) is 0 Å². The first-order valence-corrected chi connectivity index (χ1v) is 10.5. The average molecular weight is 490 g/mol. The fourth-order valence-electron chi connectivity index (χ4n) is 3.12. The van der Waals surface area contributed by atoms with Crippen molar-refractivity contribution in [2.24, 2.45) is 0 Å². The molecule has 0 atom stereocenters. The first kappa shape index (κ1) is 23.9. The zero-order valence-electron chi connectivity index (χ0n) is 18.7. The van der Waals surface area contributed by atoms with Crippen LogP contribution in [0.2, 0.25) is 0 Å². The van der Waals surface area contributed by atoms with E-state index in [4.69, 9.17) is 4.74 Å². The molecule has 0 unspecified atom stereocenters. The van der Waals surface area contributed by atoms with Crippen molar-refractivity contribution in [3.8, 4) is 5.88 Å². The summed E-state index contributed by atoms with van der Waals surface area (Å²) in [4.78, 5) is 38.5. The predicted molar refractivity (Wildman–Crippen MR) is 117 cm³/mol. The molecule has 0 spiro atoms. The molecular weight excluding hydrogens is 469 g/mol. The SMILES string of the molecule is CN(C)C(=O)c1nn(CC(F)(F)F)cc1NC(=O)Oc1nc(C2CC2)ccc1Nc1cncnc1. The normalized spacial score (nSPS) is 13.3. The van der Waals surface area contributed by atoms with Crippen LogP contribution in [-0.2, 0) is 6.54 Å². The van der Waals surface area contributed by atoms with Crippen molar-refractivity contribution in [3.63, 3.8) is 0 Å². The number of ether oxygens (including phenoxy) is 1. The molecule has 1 aliphatic carbocycles. The van der Waals surface area contributed by atoms with Crippen molar-refractivity contribution in [2.75, 3.05) is 24.7 Å². The highest BCUT2D eigenvalue weighted by Crippen LogP contribution is 2.41. The predicted octanol–water partition coefficient (Wildman–Crippen LogP) is 3.56. The zero-order chi connectivity index (χ0) is 25.2. The van der Waals surface area contributed by atoms with Crippen LogP contribution in [-0.4, -0.2) is 61.9 Å². The molecular formula is C21H21F3N8O3. The Bertz CT molecular complexity index is 1230. The zero-order valence-corrected chi connectivity index (χ0v) is 18.7. The molecule has 184 valence electrons. The third-order valence-corrected chi connectivity index (χ3v) is 4.85. The number of nitrogens with one attached hydrogen (secondary N) is 2. The van der Waals surface area contributed by atoms with Crippen LogP contribution < -0.4 is 15.4 Å². The Balaban J connectivity index is 1.58. The summed E-state index contributed by atoms with van der Waals surface area (Å²) >= 11 is 0. The summed E-state index contributed by atoms with van der Waals surface area (Å²) in [7, 11) is 2.82. The molecule has 0 saturated heterocycles. The first-order chi connectivity index (χ1) is 16.6. The van der Waals surface area contributed by atoms with Crippen LogP contribution in [0.15, 0.2) is 37.1 Å². The van der Waals surface area contributed by atoms with Crippen molar-refractivity contribution >= 4 is 29.1 Å². The van der Waals surface area contributed by atoms with Crippen molar-refractivity contribution < 1.29 is 27.5 Å². The highest BCUT2D eigenvalue weighted by molar-refractivity contribution is 6.01. The molecule has 0 bridgehead atoms. The Morgan fingerprint density at radius 1 is 1.17 bits per heavy atom. The van der Waals surface area contributed by atoms with Gasteiger partial charge in [0.15, 0.2) is 5.69 Å². The molecule has 3 aromatic heterocycles. The van der Waals surface area contributed by atoms with Gasteiger partial charge in [0.1, 0.15) is 18.6 Å². The largest absolute Gasteiger partial charge is 0.418 e. The summed E-state index contributed by atoms with van der Waals surface area (Å²) in [6.07, 6.45) is 1.60. The van der Waals surface area contributed by atoms with Gasteiger partial charge in [0.25, 0.3) is 5.91 Å². The lowest BCUT2D eigenvalue weighted by Gasteiger charge is -2.13. The molecule has 14 heteroatoms. The van der Waals surface area contributed by atoms with Crippen molar-refractivity contribution in [2.45, 2.75) is 31.5 Å². The molecule has 11 nitrogen and oxygen atoms in total. The maximum atomic E-state index is 12.8. The molecule has 0 radical (unpaired) electrons. The molecule has 2 amide bonds. The highest BCUT2D eigenvalue weighted by Gasteiger charge is 2.31. The smallest absolute Gasteiger partial charge is 0.389 e. The number of hydrogen-bond donors (Lipinski definition) is 2. The van der Waals surface area contributed by atoms with Crippen molar-refractivity contribution in [1.29, 1.82) is 0 Å². The second-order valence-electron chi connectivity index (χ2n) is 8.03. The van der Waals surface area contributed by atoms with Crippen LogP contribution >= 0.6 is 0 Å². The number of hydrogen-bond acceptors (Lipinski definition) is 8. The van der Waals surface area contributed by atoms with E-state index in [1.54, 1.807) is 6.07 Å². The summed E-state index contributed by atoms with van der Waals surface area (Å²) in [5.41, 5.74) is 1.00. The van der Waals surface area contributed by atoms with Crippen LogP contribution in [0.3, 0.4) is 0 Å². The van der Waals surface area contributed by atoms with Gasteiger partial charge >= 0.3 is 12.3 Å². The van der Waals surface area contributed by atoms with E-state index >= 15 is 0 Å². The van der Waals surface area contributed by atoms with Gasteiger partial charge < -0.3 is 15.0 Å². The Labute approximate surface area is 197 Å². The van der Waals surface area contributed by atoms with E-state index in [1.165, 1.54) is 32.8 Å². The number of alkyl halides is 3. The fourth-order valence-corrected chi connectivity index (χ4v) is 3.12. The molecule has 0 aliphatic heterocycles. The number of pyridine rings is 1. The lowest BCUT2D eigenvalue weighted by molar-refractivity contribution is -0.142. The quantitative estimate of drug-likeness (QED) is 0.515. The van der Waals surface area contributed by atoms with E-state index in [9.17, 15) is 22.8 Å². The van der Waals surface area contributed by atoms with E-state index in [2.05, 4.69) is 30.7 Å². The standard InChI is InChI=1S/C21H21F3N8O3/c1-31(2)19(33)17-16(9-32(30-17)10-21(22,23)24)29-20(34)35-18-15(27-13-7-25-11-26-8-13)6-5-14(28-18)12-3-4-12/h5-9,11-12,27H,3-4,10H2,1-2H3,(H,29,34). The van der Waals surface area contributed by atoms with Gasteiger partial charge in [-0.2, -0.15) is 18.3 Å². The number of anilines is 3. The van der Waals surface area contributed by atoms with Gasteiger partial charge in [-0.15, -0.1) is 0 Å². The van der Waals surface area contributed by atoms with Crippen LogP contribution in [0.25, 0.3) is 0 Å². The number of aromatic nitrogens is 5. The molecule has 35 heavy (non-hydrogen) atoms. The van der Waals surface area contributed by atoms with Gasteiger partial charge in [-0.05, 0) is 25.0 Å². The summed E-state index contributed by atoms with van der Waals surface area (Å²) < 4.78 is 44.4. The van der Waals surface area contributed by atoms with Gasteiger partial charge in [-0.3, -0.25) is 14.8 Å². The van der Waals surface area contributed by atoms with Gasteiger partial charge in [0.2, 0.25) is 5.88 Å². The maximum absolute atomic E-state index is 12.8. The summed E-state index contributed by atoms with van der Waals surface area (Å²) in [5, 5.41) is 9.00. The molecule has 3 aromatic rings. The highest BCUT2D eigenvalue weighted by atomic mass is 19.4. The van der Waals surface area contributed by atoms with Gasteiger partial charge in [0.05, 0.1) is 23.8 Å². The topological polar surface area (TPSA) is 127 Å². The molecule has 3 heterocycles. The molecule has 2 N–H and O–H groups in total. The van der Waals surface area contributed by atoms with Crippen LogP contribution in [0.4, 0.5) is 35.0 Å². The average Bonchev–Trinajstić information content (AvgIpc) is 3.56. The minimum Gasteiger partial charge on any atom is -0.389 e. The van der Waals surface area contributed by atoms with E-state index < -0.39 is 24.7 Å². The summed E-state index contributed by atoms with van der Waals surface area (Å²) in [6.45, 7) is -1.43. The summed E-state index contributed by atoms with van der Waals surface area (Å²) in [6, 6.07) is 3.50. The van der Waals surface area contributed by atoms with Crippen molar-refractivity contribution in [3.05, 3.63) is 48.4 Å². The number of amides is 2. The second-order valence-corrected chi connectivity index (χ2v) is 8.03. The minimum atomic E-state index is -4.57. The Hall–Kier alpha value is -4.23. The van der Waals surface area contributed by atoms with Crippen LogP contribution in [0.1, 0.15) is 34.9 Å². The molecule has 1 saturated carbocycles. The number of carbonyl (C=O) groups excluding carboxylic acids is 2. The minimum absolute atomic E-state index is 0.0566. The molecule has 1 fully saturated rings. The molecule has 4 rings (SSSR count). The van der Waals surface area contributed by atoms with Gasteiger partial charge in [-0.1, -0.05) is 0 Å². The number of nitrogens with zero attached hydrogens (tertiary/aromatic N) is 6.